The van der Waals surface area contributed by atoms with E-state index < -0.39 is 0 Å². The molecule has 0 bridgehead atoms. The molecule has 1 saturated heterocycles. The van der Waals surface area contributed by atoms with Gasteiger partial charge in [0, 0.05) is 5.41 Å². The Bertz CT molecular complexity index is 97.1. The molecule has 0 aromatic carbocycles. The summed E-state index contributed by atoms with van der Waals surface area (Å²) in [5, 5.41) is 0. The average Bonchev–Trinajstić information content (AvgIpc) is 1.51. The van der Waals surface area contributed by atoms with E-state index in [1.165, 1.54) is 12.8 Å². The monoisotopic (exact) mass is 128 g/mol. The van der Waals surface area contributed by atoms with Gasteiger partial charge in [0.15, 0.2) is 0 Å². The highest BCUT2D eigenvalue weighted by Gasteiger charge is 2.47. The fraction of sp³-hybridized carbons (Fsp3) is 1.00. The van der Waals surface area contributed by atoms with Crippen LogP contribution in [0.25, 0.3) is 0 Å². The van der Waals surface area contributed by atoms with Crippen molar-refractivity contribution >= 4 is 0 Å². The predicted molar refractivity (Wildman–Crippen MR) is 38.4 cm³/mol. The summed E-state index contributed by atoms with van der Waals surface area (Å²) < 4.78 is 5.13. The van der Waals surface area contributed by atoms with Gasteiger partial charge >= 0.3 is 0 Å². The SMILES string of the molecule is C.CC1CC2(COC2)C1. The first-order chi connectivity index (χ1) is 3.81. The van der Waals surface area contributed by atoms with Crippen molar-refractivity contribution in [2.45, 2.75) is 27.2 Å². The summed E-state index contributed by atoms with van der Waals surface area (Å²) in [6.45, 7) is 4.43. The van der Waals surface area contributed by atoms with Crippen LogP contribution in [0, 0.1) is 11.3 Å². The lowest BCUT2D eigenvalue weighted by Gasteiger charge is -2.52. The van der Waals surface area contributed by atoms with E-state index >= 15 is 0 Å². The maximum atomic E-state index is 5.13. The van der Waals surface area contributed by atoms with E-state index in [9.17, 15) is 0 Å². The highest BCUT2D eigenvalue weighted by molar-refractivity contribution is 4.96. The summed E-state index contributed by atoms with van der Waals surface area (Å²) >= 11 is 0. The van der Waals surface area contributed by atoms with Gasteiger partial charge in [-0.1, -0.05) is 14.4 Å². The summed E-state index contributed by atoms with van der Waals surface area (Å²) in [4.78, 5) is 0. The van der Waals surface area contributed by atoms with Crippen molar-refractivity contribution < 1.29 is 4.74 Å². The molecule has 0 atom stereocenters. The quantitative estimate of drug-likeness (QED) is 0.485. The fourth-order valence-corrected chi connectivity index (χ4v) is 2.05. The molecule has 1 spiro atoms. The normalized spacial score (nSPS) is 30.3. The first-order valence-corrected chi connectivity index (χ1v) is 3.39. The molecule has 9 heavy (non-hydrogen) atoms. The molecule has 1 aliphatic heterocycles. The Morgan fingerprint density at radius 2 is 1.89 bits per heavy atom. The molecule has 0 aromatic rings. The van der Waals surface area contributed by atoms with Crippen molar-refractivity contribution in [1.82, 2.24) is 0 Å². The molecule has 1 nitrogen and oxygen atoms in total. The molecule has 1 heteroatoms. The van der Waals surface area contributed by atoms with Crippen molar-refractivity contribution in [2.75, 3.05) is 13.2 Å². The van der Waals surface area contributed by atoms with Crippen LogP contribution >= 0.6 is 0 Å². The Hall–Kier alpha value is -0.0400. The lowest BCUT2D eigenvalue weighted by atomic mass is 9.61. The van der Waals surface area contributed by atoms with Crippen LogP contribution in [-0.2, 0) is 4.74 Å². The zero-order chi connectivity index (χ0) is 5.61. The highest BCUT2D eigenvalue weighted by Crippen LogP contribution is 2.50. The van der Waals surface area contributed by atoms with E-state index in [2.05, 4.69) is 6.92 Å². The van der Waals surface area contributed by atoms with Crippen LogP contribution in [0.4, 0.5) is 0 Å². The van der Waals surface area contributed by atoms with Gasteiger partial charge in [-0.25, -0.2) is 0 Å². The Morgan fingerprint density at radius 3 is 2.00 bits per heavy atom. The van der Waals surface area contributed by atoms with Gasteiger partial charge in [0.05, 0.1) is 13.2 Å². The average molecular weight is 128 g/mol. The van der Waals surface area contributed by atoms with Crippen LogP contribution in [-0.4, -0.2) is 13.2 Å². The van der Waals surface area contributed by atoms with E-state index in [1.807, 2.05) is 0 Å². The standard InChI is InChI=1S/C7H12O.CH4/c1-6-2-7(3-6)4-8-5-7;/h6H,2-5H2,1H3;1H4. The summed E-state index contributed by atoms with van der Waals surface area (Å²) in [7, 11) is 0. The first kappa shape index (κ1) is 7.07. The smallest absolute Gasteiger partial charge is 0.0545 e. The molecule has 1 saturated carbocycles. The van der Waals surface area contributed by atoms with E-state index in [1.54, 1.807) is 0 Å². The van der Waals surface area contributed by atoms with E-state index in [0.717, 1.165) is 19.1 Å². The molecular formula is C8H16O. The summed E-state index contributed by atoms with van der Waals surface area (Å²) in [6.07, 6.45) is 2.85. The first-order valence-electron chi connectivity index (χ1n) is 3.39. The second-order valence-electron chi connectivity index (χ2n) is 3.51. The maximum Gasteiger partial charge on any atom is 0.0545 e. The summed E-state index contributed by atoms with van der Waals surface area (Å²) in [5.74, 6) is 0.985. The van der Waals surface area contributed by atoms with Gasteiger partial charge in [0.2, 0.25) is 0 Å². The molecule has 0 radical (unpaired) electrons. The van der Waals surface area contributed by atoms with E-state index in [0.29, 0.717) is 5.41 Å². The van der Waals surface area contributed by atoms with Crippen LogP contribution in [0.15, 0.2) is 0 Å². The Morgan fingerprint density at radius 1 is 1.33 bits per heavy atom. The van der Waals surface area contributed by atoms with Gasteiger partial charge in [0.1, 0.15) is 0 Å². The molecule has 0 aromatic heterocycles. The number of hydrogen-bond acceptors (Lipinski definition) is 1. The van der Waals surface area contributed by atoms with Gasteiger partial charge < -0.3 is 4.74 Å². The molecule has 1 aliphatic carbocycles. The molecule has 0 amide bonds. The molecule has 2 rings (SSSR count). The van der Waals surface area contributed by atoms with Gasteiger partial charge in [0.25, 0.3) is 0 Å². The van der Waals surface area contributed by atoms with Crippen LogP contribution in [0.1, 0.15) is 27.2 Å². The fourth-order valence-electron chi connectivity index (χ4n) is 2.05. The van der Waals surface area contributed by atoms with Crippen LogP contribution < -0.4 is 0 Å². The second-order valence-corrected chi connectivity index (χ2v) is 3.51. The van der Waals surface area contributed by atoms with E-state index in [4.69, 9.17) is 4.74 Å². The molecule has 54 valence electrons. The van der Waals surface area contributed by atoms with E-state index in [-0.39, 0.29) is 7.43 Å². The second kappa shape index (κ2) is 1.98. The van der Waals surface area contributed by atoms with Crippen molar-refractivity contribution in [3.8, 4) is 0 Å². The van der Waals surface area contributed by atoms with Crippen molar-refractivity contribution in [3.05, 3.63) is 0 Å². The lowest BCUT2D eigenvalue weighted by molar-refractivity contribution is -0.175. The van der Waals surface area contributed by atoms with Crippen LogP contribution in [0.3, 0.4) is 0 Å². The molecule has 0 N–H and O–H groups in total. The van der Waals surface area contributed by atoms with Crippen molar-refractivity contribution in [2.24, 2.45) is 11.3 Å². The number of hydrogen-bond donors (Lipinski definition) is 0. The molecule has 2 aliphatic rings. The van der Waals surface area contributed by atoms with Crippen LogP contribution in [0.2, 0.25) is 0 Å². The third-order valence-corrected chi connectivity index (χ3v) is 2.38. The van der Waals surface area contributed by atoms with Gasteiger partial charge in [-0.2, -0.15) is 0 Å². The molecular weight excluding hydrogens is 112 g/mol. The molecule has 0 unspecified atom stereocenters. The van der Waals surface area contributed by atoms with Crippen molar-refractivity contribution in [1.29, 1.82) is 0 Å². The Kier molecular flexibility index (Phi) is 1.55. The Balaban J connectivity index is 0.000000405. The highest BCUT2D eigenvalue weighted by atomic mass is 16.5. The van der Waals surface area contributed by atoms with Gasteiger partial charge in [-0.3, -0.25) is 0 Å². The van der Waals surface area contributed by atoms with Gasteiger partial charge in [-0.15, -0.1) is 0 Å². The third kappa shape index (κ3) is 0.877. The minimum atomic E-state index is 0. The van der Waals surface area contributed by atoms with Gasteiger partial charge in [-0.05, 0) is 18.8 Å². The maximum absolute atomic E-state index is 5.13. The largest absolute Gasteiger partial charge is 0.380 e. The molecule has 1 heterocycles. The Labute approximate surface area is 57.4 Å². The zero-order valence-electron chi connectivity index (χ0n) is 5.31. The third-order valence-electron chi connectivity index (χ3n) is 2.38. The summed E-state index contributed by atoms with van der Waals surface area (Å²) in [6, 6.07) is 0. The minimum Gasteiger partial charge on any atom is -0.380 e. The summed E-state index contributed by atoms with van der Waals surface area (Å²) in [5.41, 5.74) is 0.694. The minimum absolute atomic E-state index is 0. The molecule has 2 fully saturated rings. The topological polar surface area (TPSA) is 9.23 Å². The lowest BCUT2D eigenvalue weighted by Crippen LogP contribution is -2.51. The number of ether oxygens (including phenoxy) is 1. The zero-order valence-corrected chi connectivity index (χ0v) is 5.31. The van der Waals surface area contributed by atoms with Crippen LogP contribution in [0.5, 0.6) is 0 Å². The number of rotatable bonds is 0. The predicted octanol–water partition coefficient (Wildman–Crippen LogP) is 2.07. The van der Waals surface area contributed by atoms with Crippen molar-refractivity contribution in [3.63, 3.8) is 0 Å².